The smallest absolute Gasteiger partial charge is 0.131 e. The lowest BCUT2D eigenvalue weighted by atomic mass is 10.1. The molecule has 0 aromatic carbocycles. The first kappa shape index (κ1) is 14.3. The second-order valence-electron chi connectivity index (χ2n) is 4.87. The molecule has 0 N–H and O–H groups in total. The summed E-state index contributed by atoms with van der Waals surface area (Å²) in [6, 6.07) is 0.413. The molecule has 2 heterocycles. The number of halogens is 2. The summed E-state index contributed by atoms with van der Waals surface area (Å²) in [5.41, 5.74) is 2.14. The van der Waals surface area contributed by atoms with Crippen molar-refractivity contribution >= 4 is 27.5 Å². The first-order valence-electron chi connectivity index (χ1n) is 6.12. The van der Waals surface area contributed by atoms with E-state index < -0.39 is 0 Å². The van der Waals surface area contributed by atoms with Crippen molar-refractivity contribution in [1.82, 2.24) is 14.7 Å². The van der Waals surface area contributed by atoms with E-state index in [2.05, 4.69) is 32.9 Å². The number of nitrogens with zero attached hydrogens (tertiary/aromatic N) is 3. The molecule has 0 bridgehead atoms. The lowest BCUT2D eigenvalue weighted by Gasteiger charge is -2.37. The van der Waals surface area contributed by atoms with E-state index >= 15 is 0 Å². The third kappa shape index (κ3) is 2.90. The SMILES string of the molecule is Cc1nn(C)c(Cl)c1CN1CC(CBr)OCC1C. The minimum Gasteiger partial charge on any atom is -0.374 e. The van der Waals surface area contributed by atoms with Gasteiger partial charge in [0.1, 0.15) is 5.15 Å². The molecule has 102 valence electrons. The molecule has 0 aliphatic carbocycles. The molecule has 2 rings (SSSR count). The van der Waals surface area contributed by atoms with Gasteiger partial charge in [-0.25, -0.2) is 0 Å². The van der Waals surface area contributed by atoms with Gasteiger partial charge in [0, 0.05) is 37.1 Å². The van der Waals surface area contributed by atoms with Crippen LogP contribution in [0.3, 0.4) is 0 Å². The van der Waals surface area contributed by atoms with Gasteiger partial charge >= 0.3 is 0 Å². The average molecular weight is 337 g/mol. The van der Waals surface area contributed by atoms with Crippen LogP contribution in [0.25, 0.3) is 0 Å². The van der Waals surface area contributed by atoms with Crippen LogP contribution in [0.4, 0.5) is 0 Å². The van der Waals surface area contributed by atoms with Gasteiger partial charge in [-0.05, 0) is 13.8 Å². The van der Waals surface area contributed by atoms with E-state index in [4.69, 9.17) is 16.3 Å². The summed E-state index contributed by atoms with van der Waals surface area (Å²) in [4.78, 5) is 2.41. The Morgan fingerprint density at radius 1 is 1.56 bits per heavy atom. The fourth-order valence-electron chi connectivity index (χ4n) is 2.25. The first-order chi connectivity index (χ1) is 8.52. The molecule has 1 aliphatic heterocycles. The van der Waals surface area contributed by atoms with Gasteiger partial charge in [0.15, 0.2) is 0 Å². The van der Waals surface area contributed by atoms with Crippen molar-refractivity contribution in [3.63, 3.8) is 0 Å². The number of aromatic nitrogens is 2. The number of hydrogen-bond acceptors (Lipinski definition) is 3. The first-order valence-corrected chi connectivity index (χ1v) is 7.62. The zero-order valence-electron chi connectivity index (χ0n) is 11.0. The summed E-state index contributed by atoms with van der Waals surface area (Å²) in [5, 5.41) is 5.97. The number of morpholine rings is 1. The van der Waals surface area contributed by atoms with Crippen LogP contribution in [0.15, 0.2) is 0 Å². The van der Waals surface area contributed by atoms with Crippen LogP contribution in [-0.2, 0) is 18.3 Å². The van der Waals surface area contributed by atoms with Gasteiger partial charge in [0.25, 0.3) is 0 Å². The van der Waals surface area contributed by atoms with Crippen LogP contribution in [0.2, 0.25) is 5.15 Å². The lowest BCUT2D eigenvalue weighted by molar-refractivity contribution is -0.0500. The van der Waals surface area contributed by atoms with Gasteiger partial charge in [-0.15, -0.1) is 0 Å². The Labute approximate surface area is 121 Å². The molecule has 1 fully saturated rings. The van der Waals surface area contributed by atoms with Gasteiger partial charge in [-0.2, -0.15) is 5.10 Å². The normalized spacial score (nSPS) is 25.6. The molecule has 1 aromatic heterocycles. The molecule has 1 aromatic rings. The monoisotopic (exact) mass is 335 g/mol. The molecule has 0 amide bonds. The van der Waals surface area contributed by atoms with Crippen molar-refractivity contribution < 1.29 is 4.74 Å². The highest BCUT2D eigenvalue weighted by Crippen LogP contribution is 2.23. The number of rotatable bonds is 3. The van der Waals surface area contributed by atoms with Crippen molar-refractivity contribution in [3.8, 4) is 0 Å². The maximum atomic E-state index is 6.28. The molecular formula is C12H19BrClN3O. The molecule has 0 saturated carbocycles. The van der Waals surface area contributed by atoms with E-state index in [-0.39, 0.29) is 6.10 Å². The van der Waals surface area contributed by atoms with Crippen LogP contribution >= 0.6 is 27.5 Å². The molecule has 2 unspecified atom stereocenters. The molecule has 1 saturated heterocycles. The summed E-state index contributed by atoms with van der Waals surface area (Å²) in [6.45, 7) is 6.73. The Bertz CT molecular complexity index is 424. The van der Waals surface area contributed by atoms with Crippen molar-refractivity contribution in [2.45, 2.75) is 32.5 Å². The third-order valence-corrected chi connectivity index (χ3v) is 4.63. The second kappa shape index (κ2) is 5.90. The molecule has 2 atom stereocenters. The summed E-state index contributed by atoms with van der Waals surface area (Å²) >= 11 is 9.77. The van der Waals surface area contributed by atoms with E-state index in [9.17, 15) is 0 Å². The highest BCUT2D eigenvalue weighted by molar-refractivity contribution is 9.09. The standard InChI is InChI=1S/C12H19BrClN3O/c1-8-7-18-10(4-13)5-17(8)6-11-9(2)15-16(3)12(11)14/h8,10H,4-7H2,1-3H3. The summed E-state index contributed by atoms with van der Waals surface area (Å²) in [7, 11) is 1.88. The quantitative estimate of drug-likeness (QED) is 0.794. The summed E-state index contributed by atoms with van der Waals surface area (Å²) < 4.78 is 7.47. The zero-order valence-corrected chi connectivity index (χ0v) is 13.3. The fraction of sp³-hybridized carbons (Fsp3) is 0.750. The van der Waals surface area contributed by atoms with Crippen molar-refractivity contribution in [3.05, 3.63) is 16.4 Å². The summed E-state index contributed by atoms with van der Waals surface area (Å²) in [5.74, 6) is 0. The molecule has 6 heteroatoms. The molecule has 0 radical (unpaired) electrons. The molecule has 0 spiro atoms. The van der Waals surface area contributed by atoms with Crippen LogP contribution in [0, 0.1) is 6.92 Å². The van der Waals surface area contributed by atoms with Gasteiger partial charge in [0.05, 0.1) is 18.4 Å². The van der Waals surface area contributed by atoms with Gasteiger partial charge in [-0.3, -0.25) is 9.58 Å². The van der Waals surface area contributed by atoms with Crippen LogP contribution < -0.4 is 0 Å². The van der Waals surface area contributed by atoms with E-state index in [1.807, 2.05) is 14.0 Å². The number of ether oxygens (including phenoxy) is 1. The Kier molecular flexibility index (Phi) is 4.69. The van der Waals surface area contributed by atoms with Crippen LogP contribution in [0.1, 0.15) is 18.2 Å². The second-order valence-corrected chi connectivity index (χ2v) is 5.87. The van der Waals surface area contributed by atoms with Crippen LogP contribution in [0.5, 0.6) is 0 Å². The van der Waals surface area contributed by atoms with E-state index in [1.165, 1.54) is 0 Å². The Balaban J connectivity index is 2.11. The largest absolute Gasteiger partial charge is 0.374 e. The van der Waals surface area contributed by atoms with Crippen molar-refractivity contribution in [1.29, 1.82) is 0 Å². The van der Waals surface area contributed by atoms with Gasteiger partial charge in [-0.1, -0.05) is 27.5 Å². The Hall–Kier alpha value is -0.100. The predicted octanol–water partition coefficient (Wildman–Crippen LogP) is 2.37. The minimum atomic E-state index is 0.261. The van der Waals surface area contributed by atoms with Crippen molar-refractivity contribution in [2.24, 2.45) is 7.05 Å². The number of alkyl halides is 1. The van der Waals surface area contributed by atoms with Crippen molar-refractivity contribution in [2.75, 3.05) is 18.5 Å². The molecular weight excluding hydrogens is 318 g/mol. The topological polar surface area (TPSA) is 30.3 Å². The predicted molar refractivity (Wildman–Crippen MR) is 76.4 cm³/mol. The molecule has 18 heavy (non-hydrogen) atoms. The zero-order chi connectivity index (χ0) is 13.3. The van der Waals surface area contributed by atoms with E-state index in [1.54, 1.807) is 4.68 Å². The van der Waals surface area contributed by atoms with E-state index in [0.29, 0.717) is 6.04 Å². The molecule has 1 aliphatic rings. The van der Waals surface area contributed by atoms with Crippen LogP contribution in [-0.4, -0.2) is 45.3 Å². The summed E-state index contributed by atoms with van der Waals surface area (Å²) in [6.07, 6.45) is 0.261. The van der Waals surface area contributed by atoms with Gasteiger partial charge < -0.3 is 4.74 Å². The Morgan fingerprint density at radius 3 is 2.83 bits per heavy atom. The fourth-order valence-corrected chi connectivity index (χ4v) is 2.87. The highest BCUT2D eigenvalue weighted by atomic mass is 79.9. The van der Waals surface area contributed by atoms with E-state index in [0.717, 1.165) is 41.4 Å². The third-order valence-electron chi connectivity index (χ3n) is 3.44. The van der Waals surface area contributed by atoms with Gasteiger partial charge in [0.2, 0.25) is 0 Å². The average Bonchev–Trinajstić information content (AvgIpc) is 2.58. The highest BCUT2D eigenvalue weighted by Gasteiger charge is 2.27. The molecule has 4 nitrogen and oxygen atoms in total. The maximum absolute atomic E-state index is 6.28. The number of hydrogen-bond donors (Lipinski definition) is 0. The minimum absolute atomic E-state index is 0.261. The maximum Gasteiger partial charge on any atom is 0.131 e. The Morgan fingerprint density at radius 2 is 2.28 bits per heavy atom. The lowest BCUT2D eigenvalue weighted by Crippen LogP contribution is -2.48. The number of aryl methyl sites for hydroxylation is 2.